The normalized spacial score (nSPS) is 21.5. The van der Waals surface area contributed by atoms with Crippen molar-refractivity contribution < 1.29 is 9.90 Å². The zero-order valence-electron chi connectivity index (χ0n) is 9.09. The van der Waals surface area contributed by atoms with Crippen LogP contribution in [0.25, 0.3) is 0 Å². The SMILES string of the molecule is O=C(O)c1nnn(C2CC2)c1C1CCCC1. The highest BCUT2D eigenvalue weighted by Crippen LogP contribution is 2.41. The third-order valence-electron chi connectivity index (χ3n) is 3.57. The van der Waals surface area contributed by atoms with Gasteiger partial charge in [0.1, 0.15) is 0 Å². The molecule has 0 bridgehead atoms. The summed E-state index contributed by atoms with van der Waals surface area (Å²) in [6, 6.07) is 0.413. The van der Waals surface area contributed by atoms with E-state index in [0.29, 0.717) is 12.0 Å². The van der Waals surface area contributed by atoms with Crippen LogP contribution in [0.5, 0.6) is 0 Å². The Balaban J connectivity index is 2.02. The molecule has 0 spiro atoms. The van der Waals surface area contributed by atoms with Crippen LogP contribution in [0.1, 0.15) is 66.7 Å². The van der Waals surface area contributed by atoms with Crippen LogP contribution in [-0.4, -0.2) is 26.1 Å². The fraction of sp³-hybridized carbons (Fsp3) is 0.727. The summed E-state index contributed by atoms with van der Waals surface area (Å²) in [7, 11) is 0. The first-order valence-corrected chi connectivity index (χ1v) is 5.95. The standard InChI is InChI=1S/C11H15N3O2/c15-11(16)9-10(7-3-1-2-4-7)14(13-12-9)8-5-6-8/h7-8H,1-6H2,(H,15,16). The van der Waals surface area contributed by atoms with Crippen LogP contribution in [0.4, 0.5) is 0 Å². The monoisotopic (exact) mass is 221 g/mol. The molecule has 2 fully saturated rings. The molecular weight excluding hydrogens is 206 g/mol. The zero-order chi connectivity index (χ0) is 11.1. The van der Waals surface area contributed by atoms with E-state index >= 15 is 0 Å². The van der Waals surface area contributed by atoms with Gasteiger partial charge in [-0.1, -0.05) is 18.1 Å². The van der Waals surface area contributed by atoms with Gasteiger partial charge >= 0.3 is 5.97 Å². The molecule has 1 heterocycles. The molecule has 86 valence electrons. The maximum absolute atomic E-state index is 11.1. The predicted octanol–water partition coefficient (Wildman–Crippen LogP) is 1.97. The molecule has 0 aliphatic heterocycles. The average Bonchev–Trinajstić information content (AvgIpc) is 2.82. The Hall–Kier alpha value is -1.39. The largest absolute Gasteiger partial charge is 0.476 e. The molecule has 16 heavy (non-hydrogen) atoms. The second-order valence-corrected chi connectivity index (χ2v) is 4.79. The van der Waals surface area contributed by atoms with Crippen molar-refractivity contribution in [2.75, 3.05) is 0 Å². The van der Waals surface area contributed by atoms with Crippen molar-refractivity contribution in [2.45, 2.75) is 50.5 Å². The first-order valence-electron chi connectivity index (χ1n) is 5.95. The fourth-order valence-electron chi connectivity index (χ4n) is 2.62. The maximum atomic E-state index is 11.1. The van der Waals surface area contributed by atoms with Crippen molar-refractivity contribution in [1.82, 2.24) is 15.0 Å². The molecule has 1 N–H and O–H groups in total. The van der Waals surface area contributed by atoms with Gasteiger partial charge in [-0.25, -0.2) is 9.48 Å². The summed E-state index contributed by atoms with van der Waals surface area (Å²) in [4.78, 5) is 11.1. The van der Waals surface area contributed by atoms with Gasteiger partial charge in [-0.2, -0.15) is 0 Å². The number of carbonyl (C=O) groups is 1. The minimum atomic E-state index is -0.936. The van der Waals surface area contributed by atoms with Crippen LogP contribution < -0.4 is 0 Å². The summed E-state index contributed by atoms with van der Waals surface area (Å²) in [5.41, 5.74) is 1.06. The molecule has 2 aliphatic rings. The van der Waals surface area contributed by atoms with E-state index in [1.54, 1.807) is 0 Å². The molecule has 2 aliphatic carbocycles. The van der Waals surface area contributed by atoms with Gasteiger partial charge < -0.3 is 5.11 Å². The van der Waals surface area contributed by atoms with Crippen molar-refractivity contribution >= 4 is 5.97 Å². The molecule has 0 atom stereocenters. The fourth-order valence-corrected chi connectivity index (χ4v) is 2.62. The quantitative estimate of drug-likeness (QED) is 0.847. The summed E-state index contributed by atoms with van der Waals surface area (Å²) >= 11 is 0. The highest BCUT2D eigenvalue weighted by atomic mass is 16.4. The van der Waals surface area contributed by atoms with Crippen LogP contribution in [0.15, 0.2) is 0 Å². The molecule has 5 heteroatoms. The topological polar surface area (TPSA) is 68.0 Å². The molecule has 0 aromatic carbocycles. The first-order chi connectivity index (χ1) is 7.77. The number of aromatic carboxylic acids is 1. The molecule has 3 rings (SSSR count). The van der Waals surface area contributed by atoms with E-state index in [2.05, 4.69) is 10.3 Å². The van der Waals surface area contributed by atoms with Gasteiger partial charge in [0.05, 0.1) is 11.7 Å². The Morgan fingerprint density at radius 2 is 1.94 bits per heavy atom. The summed E-state index contributed by atoms with van der Waals surface area (Å²) in [6.07, 6.45) is 6.78. The van der Waals surface area contributed by atoms with Crippen LogP contribution >= 0.6 is 0 Å². The Bertz CT molecular complexity index is 417. The second kappa shape index (κ2) is 3.57. The summed E-state index contributed by atoms with van der Waals surface area (Å²) in [5, 5.41) is 17.0. The van der Waals surface area contributed by atoms with E-state index < -0.39 is 5.97 Å². The van der Waals surface area contributed by atoms with Gasteiger partial charge in [0.15, 0.2) is 5.69 Å². The van der Waals surface area contributed by atoms with Gasteiger partial charge in [0.2, 0.25) is 0 Å². The van der Waals surface area contributed by atoms with Crippen LogP contribution in [0.3, 0.4) is 0 Å². The Morgan fingerprint density at radius 1 is 1.25 bits per heavy atom. The van der Waals surface area contributed by atoms with Crippen molar-refractivity contribution in [3.63, 3.8) is 0 Å². The van der Waals surface area contributed by atoms with E-state index in [4.69, 9.17) is 5.11 Å². The minimum Gasteiger partial charge on any atom is -0.476 e. The lowest BCUT2D eigenvalue weighted by atomic mass is 10.0. The Kier molecular flexibility index (Phi) is 2.19. The van der Waals surface area contributed by atoms with Crippen molar-refractivity contribution in [1.29, 1.82) is 0 Å². The van der Waals surface area contributed by atoms with Crippen LogP contribution in [-0.2, 0) is 0 Å². The molecule has 1 aromatic rings. The van der Waals surface area contributed by atoms with Crippen LogP contribution in [0, 0.1) is 0 Å². The van der Waals surface area contributed by atoms with E-state index in [1.165, 1.54) is 12.8 Å². The predicted molar refractivity (Wildman–Crippen MR) is 56.5 cm³/mol. The van der Waals surface area contributed by atoms with Crippen molar-refractivity contribution in [3.8, 4) is 0 Å². The molecule has 1 aromatic heterocycles. The molecule has 0 amide bonds. The molecule has 2 saturated carbocycles. The zero-order valence-corrected chi connectivity index (χ0v) is 9.09. The molecule has 0 radical (unpaired) electrons. The van der Waals surface area contributed by atoms with E-state index in [-0.39, 0.29) is 5.69 Å². The van der Waals surface area contributed by atoms with Gasteiger partial charge in [-0.15, -0.1) is 5.10 Å². The molecular formula is C11H15N3O2. The Labute approximate surface area is 93.5 Å². The highest BCUT2D eigenvalue weighted by Gasteiger charge is 2.34. The smallest absolute Gasteiger partial charge is 0.358 e. The summed E-state index contributed by atoms with van der Waals surface area (Å²) in [6.45, 7) is 0. The van der Waals surface area contributed by atoms with E-state index in [9.17, 15) is 4.79 Å². The van der Waals surface area contributed by atoms with E-state index in [0.717, 1.165) is 31.4 Å². The lowest BCUT2D eigenvalue weighted by molar-refractivity contribution is 0.0688. The average molecular weight is 221 g/mol. The highest BCUT2D eigenvalue weighted by molar-refractivity contribution is 5.86. The molecule has 0 saturated heterocycles. The lowest BCUT2D eigenvalue weighted by Crippen LogP contribution is -2.10. The van der Waals surface area contributed by atoms with Gasteiger partial charge in [-0.05, 0) is 25.7 Å². The van der Waals surface area contributed by atoms with Crippen molar-refractivity contribution in [3.05, 3.63) is 11.4 Å². The number of nitrogens with zero attached hydrogens (tertiary/aromatic N) is 3. The maximum Gasteiger partial charge on any atom is 0.358 e. The number of rotatable bonds is 3. The van der Waals surface area contributed by atoms with Crippen molar-refractivity contribution in [2.24, 2.45) is 0 Å². The molecule has 5 nitrogen and oxygen atoms in total. The minimum absolute atomic E-state index is 0.179. The number of aromatic nitrogens is 3. The number of carboxylic acid groups (broad SMARTS) is 1. The van der Waals surface area contributed by atoms with Crippen LogP contribution in [0.2, 0.25) is 0 Å². The summed E-state index contributed by atoms with van der Waals surface area (Å²) < 4.78 is 1.87. The van der Waals surface area contributed by atoms with Gasteiger partial charge in [0.25, 0.3) is 0 Å². The summed E-state index contributed by atoms with van der Waals surface area (Å²) in [5.74, 6) is -0.574. The molecule has 0 unspecified atom stereocenters. The number of hydrogen-bond acceptors (Lipinski definition) is 3. The van der Waals surface area contributed by atoms with Gasteiger partial charge in [-0.3, -0.25) is 0 Å². The first kappa shape index (κ1) is 9.81. The second-order valence-electron chi connectivity index (χ2n) is 4.79. The van der Waals surface area contributed by atoms with E-state index in [1.807, 2.05) is 4.68 Å². The third-order valence-corrected chi connectivity index (χ3v) is 3.57. The lowest BCUT2D eigenvalue weighted by Gasteiger charge is -2.11. The third kappa shape index (κ3) is 1.50. The number of hydrogen-bond donors (Lipinski definition) is 1. The van der Waals surface area contributed by atoms with Gasteiger partial charge in [0, 0.05) is 5.92 Å². The Morgan fingerprint density at radius 3 is 2.50 bits per heavy atom. The number of carboxylic acids is 1.